The molecule has 0 aliphatic carbocycles. The van der Waals surface area contributed by atoms with Crippen molar-refractivity contribution >= 4 is 5.91 Å². The van der Waals surface area contributed by atoms with Gasteiger partial charge in [0.2, 0.25) is 5.82 Å². The molecular weight excluding hydrogens is 336 g/mol. The molecule has 0 spiro atoms. The fourth-order valence-electron chi connectivity index (χ4n) is 3.40. The first kappa shape index (κ1) is 17.5. The number of carbonyl (C=O) groups is 1. The molecular formula is C22H24N4O. The Labute approximate surface area is 159 Å². The lowest BCUT2D eigenvalue weighted by atomic mass is 9.99. The molecule has 0 unspecified atom stereocenters. The zero-order valence-electron chi connectivity index (χ0n) is 15.8. The molecule has 0 radical (unpaired) electrons. The molecule has 1 saturated heterocycles. The number of aromatic nitrogens is 3. The highest BCUT2D eigenvalue weighted by atomic mass is 16.2. The van der Waals surface area contributed by atoms with Crippen LogP contribution in [0.25, 0.3) is 17.1 Å². The Balaban J connectivity index is 1.73. The third-order valence-electron chi connectivity index (χ3n) is 5.18. The quantitative estimate of drug-likeness (QED) is 0.706. The van der Waals surface area contributed by atoms with Gasteiger partial charge in [0.05, 0.1) is 5.69 Å². The van der Waals surface area contributed by atoms with Crippen LogP contribution in [0.2, 0.25) is 0 Å². The molecule has 1 aliphatic rings. The van der Waals surface area contributed by atoms with Gasteiger partial charge in [-0.25, -0.2) is 9.67 Å². The molecule has 1 amide bonds. The second-order valence-electron chi connectivity index (χ2n) is 7.35. The lowest BCUT2D eigenvalue weighted by Crippen LogP contribution is -2.38. The van der Waals surface area contributed by atoms with E-state index >= 15 is 0 Å². The molecule has 0 atom stereocenters. The number of amides is 1. The second-order valence-corrected chi connectivity index (χ2v) is 7.35. The van der Waals surface area contributed by atoms with E-state index in [0.29, 0.717) is 11.7 Å². The van der Waals surface area contributed by atoms with Crippen molar-refractivity contribution < 1.29 is 4.79 Å². The van der Waals surface area contributed by atoms with E-state index in [9.17, 15) is 4.79 Å². The van der Waals surface area contributed by atoms with Gasteiger partial charge in [0.15, 0.2) is 5.82 Å². The maximum absolute atomic E-state index is 13.0. The molecule has 27 heavy (non-hydrogen) atoms. The maximum atomic E-state index is 13.0. The van der Waals surface area contributed by atoms with Crippen molar-refractivity contribution in [1.29, 1.82) is 0 Å². The predicted octanol–water partition coefficient (Wildman–Crippen LogP) is 4.11. The summed E-state index contributed by atoms with van der Waals surface area (Å²) in [5.74, 6) is 1.55. The van der Waals surface area contributed by atoms with Gasteiger partial charge in [-0.05, 0) is 37.8 Å². The molecule has 0 saturated carbocycles. The molecule has 138 valence electrons. The van der Waals surface area contributed by atoms with Gasteiger partial charge in [-0.15, -0.1) is 5.10 Å². The highest BCUT2D eigenvalue weighted by Crippen LogP contribution is 2.23. The van der Waals surface area contributed by atoms with Gasteiger partial charge in [0.1, 0.15) is 0 Å². The number of nitrogens with zero attached hydrogens (tertiary/aromatic N) is 4. The molecule has 2 heterocycles. The van der Waals surface area contributed by atoms with Crippen LogP contribution in [0.4, 0.5) is 0 Å². The third kappa shape index (κ3) is 3.63. The van der Waals surface area contributed by atoms with Crippen molar-refractivity contribution in [2.75, 3.05) is 13.1 Å². The standard InChI is InChI=1S/C22H24N4O/c1-16-8-10-19(11-9-16)26-21(18-6-4-3-5-7-18)23-20(24-26)22(27)25-14-12-17(2)13-15-25/h3-11,17H,12-15H2,1-2H3. The van der Waals surface area contributed by atoms with E-state index in [1.165, 1.54) is 5.56 Å². The van der Waals surface area contributed by atoms with E-state index in [1.54, 1.807) is 4.68 Å². The predicted molar refractivity (Wildman–Crippen MR) is 106 cm³/mol. The molecule has 5 heteroatoms. The lowest BCUT2D eigenvalue weighted by Gasteiger charge is -2.29. The normalized spacial score (nSPS) is 15.1. The number of hydrogen-bond acceptors (Lipinski definition) is 3. The van der Waals surface area contributed by atoms with E-state index in [2.05, 4.69) is 23.9 Å². The summed E-state index contributed by atoms with van der Waals surface area (Å²) in [5.41, 5.74) is 3.02. The van der Waals surface area contributed by atoms with Gasteiger partial charge in [-0.2, -0.15) is 0 Å². The fraction of sp³-hybridized carbons (Fsp3) is 0.318. The molecule has 4 rings (SSSR count). The van der Waals surface area contributed by atoms with Crippen LogP contribution < -0.4 is 0 Å². The Morgan fingerprint density at radius 3 is 2.33 bits per heavy atom. The molecule has 1 fully saturated rings. The molecule has 0 N–H and O–H groups in total. The number of rotatable bonds is 3. The molecule has 1 aliphatic heterocycles. The van der Waals surface area contributed by atoms with Crippen molar-refractivity contribution in [3.63, 3.8) is 0 Å². The van der Waals surface area contributed by atoms with Gasteiger partial charge in [-0.3, -0.25) is 4.79 Å². The SMILES string of the molecule is Cc1ccc(-n2nc(C(=O)N3CCC(C)CC3)nc2-c2ccccc2)cc1. The van der Waals surface area contributed by atoms with E-state index in [1.807, 2.05) is 59.5 Å². The third-order valence-corrected chi connectivity index (χ3v) is 5.18. The van der Waals surface area contributed by atoms with Crippen LogP contribution in [0.1, 0.15) is 35.9 Å². The van der Waals surface area contributed by atoms with Gasteiger partial charge in [0.25, 0.3) is 5.91 Å². The summed E-state index contributed by atoms with van der Waals surface area (Å²) in [5, 5.41) is 4.59. The monoisotopic (exact) mass is 360 g/mol. The van der Waals surface area contributed by atoms with Crippen LogP contribution in [0.3, 0.4) is 0 Å². The van der Waals surface area contributed by atoms with Crippen LogP contribution in [0.5, 0.6) is 0 Å². The minimum absolute atomic E-state index is 0.0788. The van der Waals surface area contributed by atoms with Gasteiger partial charge in [0, 0.05) is 18.7 Å². The van der Waals surface area contributed by atoms with Crippen molar-refractivity contribution in [1.82, 2.24) is 19.7 Å². The first-order valence-electron chi connectivity index (χ1n) is 9.50. The summed E-state index contributed by atoms with van der Waals surface area (Å²) in [6.07, 6.45) is 2.08. The lowest BCUT2D eigenvalue weighted by molar-refractivity contribution is 0.0685. The van der Waals surface area contributed by atoms with Crippen molar-refractivity contribution in [2.24, 2.45) is 5.92 Å². The number of benzene rings is 2. The fourth-order valence-corrected chi connectivity index (χ4v) is 3.40. The van der Waals surface area contributed by atoms with E-state index in [-0.39, 0.29) is 11.7 Å². The van der Waals surface area contributed by atoms with Gasteiger partial charge in [-0.1, -0.05) is 55.0 Å². The zero-order chi connectivity index (χ0) is 18.8. The van der Waals surface area contributed by atoms with Crippen LogP contribution >= 0.6 is 0 Å². The highest BCUT2D eigenvalue weighted by molar-refractivity contribution is 5.91. The first-order valence-corrected chi connectivity index (χ1v) is 9.50. The van der Waals surface area contributed by atoms with Gasteiger partial charge < -0.3 is 4.90 Å². The van der Waals surface area contributed by atoms with Crippen molar-refractivity contribution in [3.05, 3.63) is 66.0 Å². The Bertz CT molecular complexity index is 923. The molecule has 0 bridgehead atoms. The molecule has 2 aromatic carbocycles. The van der Waals surface area contributed by atoms with Crippen LogP contribution in [-0.4, -0.2) is 38.7 Å². The first-order chi connectivity index (χ1) is 13.1. The number of hydrogen-bond donors (Lipinski definition) is 0. The van der Waals surface area contributed by atoms with Crippen LogP contribution in [-0.2, 0) is 0 Å². The maximum Gasteiger partial charge on any atom is 0.293 e. The number of piperidine rings is 1. The largest absolute Gasteiger partial charge is 0.336 e. The van der Waals surface area contributed by atoms with Crippen molar-refractivity contribution in [2.45, 2.75) is 26.7 Å². The molecule has 1 aromatic heterocycles. The minimum Gasteiger partial charge on any atom is -0.336 e. The number of carbonyl (C=O) groups excluding carboxylic acids is 1. The average Bonchev–Trinajstić information content (AvgIpc) is 3.15. The Hall–Kier alpha value is -2.95. The molecule has 5 nitrogen and oxygen atoms in total. The van der Waals surface area contributed by atoms with Crippen LogP contribution in [0, 0.1) is 12.8 Å². The summed E-state index contributed by atoms with van der Waals surface area (Å²) in [6, 6.07) is 18.0. The minimum atomic E-state index is -0.0788. The topological polar surface area (TPSA) is 51.0 Å². The summed E-state index contributed by atoms with van der Waals surface area (Å²) in [7, 11) is 0. The summed E-state index contributed by atoms with van der Waals surface area (Å²) < 4.78 is 1.77. The second kappa shape index (κ2) is 7.35. The highest BCUT2D eigenvalue weighted by Gasteiger charge is 2.26. The van der Waals surface area contributed by atoms with Gasteiger partial charge >= 0.3 is 0 Å². The Morgan fingerprint density at radius 1 is 1.00 bits per heavy atom. The Morgan fingerprint density at radius 2 is 1.67 bits per heavy atom. The summed E-state index contributed by atoms with van der Waals surface area (Å²) in [4.78, 5) is 19.5. The summed E-state index contributed by atoms with van der Waals surface area (Å²) >= 11 is 0. The Kier molecular flexibility index (Phi) is 4.75. The number of aryl methyl sites for hydroxylation is 1. The van der Waals surface area contributed by atoms with E-state index in [4.69, 9.17) is 0 Å². The average molecular weight is 360 g/mol. The smallest absolute Gasteiger partial charge is 0.293 e. The van der Waals surface area contributed by atoms with Crippen molar-refractivity contribution in [3.8, 4) is 17.1 Å². The number of likely N-dealkylation sites (tertiary alicyclic amines) is 1. The van der Waals surface area contributed by atoms with E-state index in [0.717, 1.165) is 37.2 Å². The summed E-state index contributed by atoms with van der Waals surface area (Å²) in [6.45, 7) is 5.84. The zero-order valence-corrected chi connectivity index (χ0v) is 15.8. The molecule has 3 aromatic rings. The van der Waals surface area contributed by atoms with E-state index < -0.39 is 0 Å². The van der Waals surface area contributed by atoms with Crippen LogP contribution in [0.15, 0.2) is 54.6 Å².